The Morgan fingerprint density at radius 1 is 1.40 bits per heavy atom. The van der Waals surface area contributed by atoms with Crippen LogP contribution >= 0.6 is 0 Å². The molecule has 1 aromatic carbocycles. The third kappa shape index (κ3) is 3.82. The second kappa shape index (κ2) is 5.16. The standard InChI is InChI=1S/C12H14N2O/c1-9(2)7-10-3-5-11(6-4-10)14-12(15)8-13/h3-6,9H,7H2,1-2H3,(H,14,15). The highest BCUT2D eigenvalue weighted by Crippen LogP contribution is 2.12. The zero-order valence-corrected chi connectivity index (χ0v) is 8.95. The average Bonchev–Trinajstić information content (AvgIpc) is 2.20. The molecule has 0 saturated heterocycles. The Kier molecular flexibility index (Phi) is 3.87. The molecule has 0 aliphatic heterocycles. The molecular formula is C12H14N2O. The first-order valence-electron chi connectivity index (χ1n) is 4.92. The Morgan fingerprint density at radius 3 is 2.47 bits per heavy atom. The Bertz CT molecular complexity index is 374. The molecule has 1 amide bonds. The minimum absolute atomic E-state index is 0.615. The van der Waals surface area contributed by atoms with Crippen LogP contribution in [0, 0.1) is 17.2 Å². The summed E-state index contributed by atoms with van der Waals surface area (Å²) < 4.78 is 0. The molecule has 0 spiro atoms. The van der Waals surface area contributed by atoms with Crippen molar-refractivity contribution in [1.29, 1.82) is 5.26 Å². The van der Waals surface area contributed by atoms with Crippen molar-refractivity contribution in [2.45, 2.75) is 20.3 Å². The van der Waals surface area contributed by atoms with Gasteiger partial charge >= 0.3 is 5.91 Å². The molecule has 0 fully saturated rings. The van der Waals surface area contributed by atoms with E-state index >= 15 is 0 Å². The Balaban J connectivity index is 2.65. The summed E-state index contributed by atoms with van der Waals surface area (Å²) in [5.74, 6) is -0.0174. The molecule has 0 aromatic heterocycles. The van der Waals surface area contributed by atoms with E-state index in [2.05, 4.69) is 19.2 Å². The molecule has 0 radical (unpaired) electrons. The fraction of sp³-hybridized carbons (Fsp3) is 0.333. The van der Waals surface area contributed by atoms with Crippen LogP contribution in [-0.2, 0) is 11.2 Å². The Morgan fingerprint density at radius 2 is 2.00 bits per heavy atom. The number of amides is 1. The number of carbonyl (C=O) groups is 1. The highest BCUT2D eigenvalue weighted by Gasteiger charge is 2.00. The molecule has 3 heteroatoms. The summed E-state index contributed by atoms with van der Waals surface area (Å²) >= 11 is 0. The van der Waals surface area contributed by atoms with Crippen molar-refractivity contribution in [2.75, 3.05) is 5.32 Å². The minimum atomic E-state index is -0.633. The molecule has 0 atom stereocenters. The monoisotopic (exact) mass is 202 g/mol. The lowest BCUT2D eigenvalue weighted by Gasteiger charge is -2.06. The van der Waals surface area contributed by atoms with Crippen molar-refractivity contribution in [2.24, 2.45) is 5.92 Å². The number of carbonyl (C=O) groups excluding carboxylic acids is 1. The van der Waals surface area contributed by atoms with Gasteiger partial charge < -0.3 is 5.32 Å². The molecular weight excluding hydrogens is 188 g/mol. The van der Waals surface area contributed by atoms with Gasteiger partial charge in [-0.25, -0.2) is 0 Å². The van der Waals surface area contributed by atoms with Crippen molar-refractivity contribution >= 4 is 11.6 Å². The van der Waals surface area contributed by atoms with E-state index in [0.29, 0.717) is 11.6 Å². The number of nitrogens with zero attached hydrogens (tertiary/aromatic N) is 1. The van der Waals surface area contributed by atoms with Crippen LogP contribution in [0.2, 0.25) is 0 Å². The fourth-order valence-electron chi connectivity index (χ4n) is 1.35. The van der Waals surface area contributed by atoms with E-state index in [1.54, 1.807) is 0 Å². The van der Waals surface area contributed by atoms with E-state index in [0.717, 1.165) is 6.42 Å². The maximum absolute atomic E-state index is 10.8. The molecule has 1 rings (SSSR count). The van der Waals surface area contributed by atoms with Crippen molar-refractivity contribution in [3.63, 3.8) is 0 Å². The number of anilines is 1. The zero-order chi connectivity index (χ0) is 11.3. The molecule has 0 unspecified atom stereocenters. The topological polar surface area (TPSA) is 52.9 Å². The predicted molar refractivity (Wildman–Crippen MR) is 59.2 cm³/mol. The van der Waals surface area contributed by atoms with Gasteiger partial charge in [0.05, 0.1) is 0 Å². The van der Waals surface area contributed by atoms with E-state index in [4.69, 9.17) is 5.26 Å². The molecule has 0 heterocycles. The average molecular weight is 202 g/mol. The highest BCUT2D eigenvalue weighted by molar-refractivity contribution is 6.02. The predicted octanol–water partition coefficient (Wildman–Crippen LogP) is 2.35. The molecule has 0 saturated carbocycles. The second-order valence-electron chi connectivity index (χ2n) is 3.86. The maximum atomic E-state index is 10.8. The molecule has 0 bridgehead atoms. The van der Waals surface area contributed by atoms with Crippen LogP contribution in [0.25, 0.3) is 0 Å². The molecule has 78 valence electrons. The number of nitrogens with one attached hydrogen (secondary N) is 1. The molecule has 3 nitrogen and oxygen atoms in total. The van der Waals surface area contributed by atoms with Gasteiger partial charge in [-0.1, -0.05) is 26.0 Å². The minimum Gasteiger partial charge on any atom is -0.313 e. The van der Waals surface area contributed by atoms with Gasteiger partial charge in [-0.05, 0) is 30.0 Å². The largest absolute Gasteiger partial charge is 0.326 e. The van der Waals surface area contributed by atoms with E-state index in [1.807, 2.05) is 24.3 Å². The van der Waals surface area contributed by atoms with Crippen LogP contribution in [0.5, 0.6) is 0 Å². The third-order valence-corrected chi connectivity index (χ3v) is 1.96. The highest BCUT2D eigenvalue weighted by atomic mass is 16.1. The fourth-order valence-corrected chi connectivity index (χ4v) is 1.35. The van der Waals surface area contributed by atoms with Crippen LogP contribution in [-0.4, -0.2) is 5.91 Å². The SMILES string of the molecule is CC(C)Cc1ccc(NC(=O)C#N)cc1. The van der Waals surface area contributed by atoms with Gasteiger partial charge in [0.2, 0.25) is 0 Å². The normalized spacial score (nSPS) is 9.73. The Labute approximate surface area is 89.7 Å². The first-order chi connectivity index (χ1) is 7.11. The van der Waals surface area contributed by atoms with Gasteiger partial charge in [0.1, 0.15) is 0 Å². The molecule has 0 aliphatic carbocycles. The van der Waals surface area contributed by atoms with Crippen molar-refractivity contribution < 1.29 is 4.79 Å². The van der Waals surface area contributed by atoms with Gasteiger partial charge in [-0.15, -0.1) is 0 Å². The zero-order valence-electron chi connectivity index (χ0n) is 8.95. The van der Waals surface area contributed by atoms with Gasteiger partial charge in [-0.3, -0.25) is 4.79 Å². The molecule has 1 N–H and O–H groups in total. The summed E-state index contributed by atoms with van der Waals surface area (Å²) in [7, 11) is 0. The maximum Gasteiger partial charge on any atom is 0.326 e. The lowest BCUT2D eigenvalue weighted by atomic mass is 10.0. The van der Waals surface area contributed by atoms with E-state index < -0.39 is 5.91 Å². The smallest absolute Gasteiger partial charge is 0.313 e. The van der Waals surface area contributed by atoms with Gasteiger partial charge in [-0.2, -0.15) is 5.26 Å². The third-order valence-electron chi connectivity index (χ3n) is 1.96. The summed E-state index contributed by atoms with van der Waals surface area (Å²) in [6.07, 6.45) is 1.02. The van der Waals surface area contributed by atoms with Crippen LogP contribution in [0.3, 0.4) is 0 Å². The second-order valence-corrected chi connectivity index (χ2v) is 3.86. The number of nitriles is 1. The summed E-state index contributed by atoms with van der Waals surface area (Å²) in [5, 5.41) is 10.8. The quantitative estimate of drug-likeness (QED) is 0.765. The summed E-state index contributed by atoms with van der Waals surface area (Å²) in [6, 6.07) is 9.07. The molecule has 15 heavy (non-hydrogen) atoms. The van der Waals surface area contributed by atoms with Crippen molar-refractivity contribution in [1.82, 2.24) is 0 Å². The van der Waals surface area contributed by atoms with Crippen LogP contribution in [0.1, 0.15) is 19.4 Å². The first-order valence-corrected chi connectivity index (χ1v) is 4.92. The van der Waals surface area contributed by atoms with Crippen molar-refractivity contribution in [3.8, 4) is 6.07 Å². The van der Waals surface area contributed by atoms with E-state index in [9.17, 15) is 4.79 Å². The number of hydrogen-bond donors (Lipinski definition) is 1. The summed E-state index contributed by atoms with van der Waals surface area (Å²) in [6.45, 7) is 4.32. The van der Waals surface area contributed by atoms with Crippen LogP contribution in [0.4, 0.5) is 5.69 Å². The number of benzene rings is 1. The molecule has 1 aromatic rings. The first kappa shape index (κ1) is 11.3. The van der Waals surface area contributed by atoms with Gasteiger partial charge in [0.15, 0.2) is 6.07 Å². The lowest BCUT2D eigenvalue weighted by molar-refractivity contribution is -0.111. The van der Waals surface area contributed by atoms with Gasteiger partial charge in [0, 0.05) is 5.69 Å². The summed E-state index contributed by atoms with van der Waals surface area (Å²) in [4.78, 5) is 10.8. The van der Waals surface area contributed by atoms with E-state index in [1.165, 1.54) is 11.6 Å². The van der Waals surface area contributed by atoms with Crippen molar-refractivity contribution in [3.05, 3.63) is 29.8 Å². The molecule has 0 aliphatic rings. The lowest BCUT2D eigenvalue weighted by Crippen LogP contribution is -2.07. The van der Waals surface area contributed by atoms with Gasteiger partial charge in [0.25, 0.3) is 0 Å². The number of rotatable bonds is 3. The summed E-state index contributed by atoms with van der Waals surface area (Å²) in [5.41, 5.74) is 1.90. The van der Waals surface area contributed by atoms with Crippen LogP contribution < -0.4 is 5.32 Å². The van der Waals surface area contributed by atoms with E-state index in [-0.39, 0.29) is 0 Å². The van der Waals surface area contributed by atoms with Crippen LogP contribution in [0.15, 0.2) is 24.3 Å². The Hall–Kier alpha value is -1.82. The number of hydrogen-bond acceptors (Lipinski definition) is 2.